The summed E-state index contributed by atoms with van der Waals surface area (Å²) in [5, 5.41) is 7.85. The number of rotatable bonds is 2. The zero-order chi connectivity index (χ0) is 16.4. The Kier molecular flexibility index (Phi) is 3.96. The maximum atomic E-state index is 12.6. The molecule has 1 N–H and O–H groups in total. The van der Waals surface area contributed by atoms with Gasteiger partial charge in [-0.05, 0) is 37.2 Å². The third-order valence-corrected chi connectivity index (χ3v) is 4.31. The highest BCUT2D eigenvalue weighted by Crippen LogP contribution is 2.18. The van der Waals surface area contributed by atoms with Gasteiger partial charge >= 0.3 is 0 Å². The molecule has 1 saturated heterocycles. The van der Waals surface area contributed by atoms with Crippen LogP contribution in [0.4, 0.5) is 0 Å². The molecule has 2 aromatic heterocycles. The minimum atomic E-state index is 0.100. The Morgan fingerprint density at radius 2 is 1.92 bits per heavy atom. The lowest BCUT2D eigenvalue weighted by Gasteiger charge is -2.20. The van der Waals surface area contributed by atoms with Gasteiger partial charge in [0.2, 0.25) is 0 Å². The van der Waals surface area contributed by atoms with Gasteiger partial charge in [0, 0.05) is 43.2 Å². The molecule has 6 heteroatoms. The summed E-state index contributed by atoms with van der Waals surface area (Å²) in [6.45, 7) is 3.41. The molecule has 1 amide bonds. The van der Waals surface area contributed by atoms with Crippen molar-refractivity contribution in [3.8, 4) is 11.3 Å². The van der Waals surface area contributed by atoms with Crippen molar-refractivity contribution in [3.63, 3.8) is 0 Å². The average molecular weight is 321 g/mol. The van der Waals surface area contributed by atoms with E-state index < -0.39 is 0 Å². The van der Waals surface area contributed by atoms with Crippen molar-refractivity contribution in [2.45, 2.75) is 6.42 Å². The lowest BCUT2D eigenvalue weighted by Crippen LogP contribution is -2.34. The Morgan fingerprint density at radius 1 is 1.04 bits per heavy atom. The smallest absolute Gasteiger partial charge is 0.253 e. The van der Waals surface area contributed by atoms with Gasteiger partial charge in [-0.25, -0.2) is 9.50 Å². The van der Waals surface area contributed by atoms with Crippen LogP contribution in [-0.4, -0.2) is 51.6 Å². The number of aromatic nitrogens is 3. The second kappa shape index (κ2) is 6.41. The van der Waals surface area contributed by atoms with Crippen LogP contribution in [0.5, 0.6) is 0 Å². The van der Waals surface area contributed by atoms with Gasteiger partial charge in [0.15, 0.2) is 5.65 Å². The van der Waals surface area contributed by atoms with Crippen molar-refractivity contribution in [1.29, 1.82) is 0 Å². The number of nitrogens with one attached hydrogen (secondary N) is 1. The first-order valence-electron chi connectivity index (χ1n) is 8.22. The summed E-state index contributed by atoms with van der Waals surface area (Å²) in [4.78, 5) is 18.7. The summed E-state index contributed by atoms with van der Waals surface area (Å²) in [5.41, 5.74) is 3.39. The van der Waals surface area contributed by atoms with Crippen molar-refractivity contribution in [3.05, 3.63) is 54.4 Å². The van der Waals surface area contributed by atoms with Crippen LogP contribution in [-0.2, 0) is 0 Å². The Morgan fingerprint density at radius 3 is 2.79 bits per heavy atom. The SMILES string of the molecule is O=C(c1ccc(-c2ccc3nccn3n2)cc1)N1CCCNCC1. The summed E-state index contributed by atoms with van der Waals surface area (Å²) in [5.74, 6) is 0.100. The summed E-state index contributed by atoms with van der Waals surface area (Å²) in [6.07, 6.45) is 4.55. The predicted molar refractivity (Wildman–Crippen MR) is 91.8 cm³/mol. The van der Waals surface area contributed by atoms with Crippen molar-refractivity contribution in [2.75, 3.05) is 26.2 Å². The Balaban J connectivity index is 1.56. The summed E-state index contributed by atoms with van der Waals surface area (Å²) >= 11 is 0. The van der Waals surface area contributed by atoms with Crippen LogP contribution in [0.2, 0.25) is 0 Å². The van der Waals surface area contributed by atoms with Gasteiger partial charge in [0.1, 0.15) is 0 Å². The molecule has 0 radical (unpaired) electrons. The van der Waals surface area contributed by atoms with E-state index in [-0.39, 0.29) is 5.91 Å². The number of nitrogens with zero attached hydrogens (tertiary/aromatic N) is 4. The maximum absolute atomic E-state index is 12.6. The fourth-order valence-corrected chi connectivity index (χ4v) is 2.98. The molecule has 0 unspecified atom stereocenters. The fraction of sp³-hybridized carbons (Fsp3) is 0.278. The van der Waals surface area contributed by atoms with E-state index >= 15 is 0 Å². The Hall–Kier alpha value is -2.73. The molecule has 1 aromatic carbocycles. The zero-order valence-electron chi connectivity index (χ0n) is 13.4. The van der Waals surface area contributed by atoms with Crippen LogP contribution < -0.4 is 5.32 Å². The number of benzene rings is 1. The van der Waals surface area contributed by atoms with Crippen LogP contribution in [0.3, 0.4) is 0 Å². The molecule has 0 aliphatic carbocycles. The van der Waals surface area contributed by atoms with E-state index in [4.69, 9.17) is 0 Å². The minimum absolute atomic E-state index is 0.100. The van der Waals surface area contributed by atoms with Crippen molar-refractivity contribution >= 4 is 11.6 Å². The van der Waals surface area contributed by atoms with Crippen molar-refractivity contribution in [1.82, 2.24) is 24.8 Å². The van der Waals surface area contributed by atoms with Gasteiger partial charge in [-0.3, -0.25) is 4.79 Å². The minimum Gasteiger partial charge on any atom is -0.337 e. The predicted octanol–water partition coefficient (Wildman–Crippen LogP) is 1.83. The van der Waals surface area contributed by atoms with E-state index in [0.717, 1.165) is 55.1 Å². The number of carbonyl (C=O) groups is 1. The molecule has 6 nitrogen and oxygen atoms in total. The molecule has 1 aliphatic heterocycles. The molecule has 1 fully saturated rings. The number of imidazole rings is 1. The average Bonchev–Trinajstić information content (AvgIpc) is 2.93. The van der Waals surface area contributed by atoms with Gasteiger partial charge in [0.25, 0.3) is 5.91 Å². The summed E-state index contributed by atoms with van der Waals surface area (Å²) in [6, 6.07) is 11.6. The molecule has 122 valence electrons. The number of amides is 1. The van der Waals surface area contributed by atoms with Crippen molar-refractivity contribution < 1.29 is 4.79 Å². The Bertz CT molecular complexity index is 847. The maximum Gasteiger partial charge on any atom is 0.253 e. The van der Waals surface area contributed by atoms with Gasteiger partial charge in [-0.15, -0.1) is 0 Å². The van der Waals surface area contributed by atoms with E-state index in [1.807, 2.05) is 47.5 Å². The third kappa shape index (κ3) is 2.88. The summed E-state index contributed by atoms with van der Waals surface area (Å²) < 4.78 is 1.75. The topological polar surface area (TPSA) is 62.5 Å². The van der Waals surface area contributed by atoms with E-state index in [9.17, 15) is 4.79 Å². The fourth-order valence-electron chi connectivity index (χ4n) is 2.98. The van der Waals surface area contributed by atoms with Gasteiger partial charge in [-0.2, -0.15) is 5.10 Å². The zero-order valence-corrected chi connectivity index (χ0v) is 13.4. The number of fused-ring (bicyclic) bond motifs is 1. The first-order chi connectivity index (χ1) is 11.8. The molecule has 24 heavy (non-hydrogen) atoms. The lowest BCUT2D eigenvalue weighted by molar-refractivity contribution is 0.0766. The van der Waals surface area contributed by atoms with E-state index in [0.29, 0.717) is 0 Å². The van der Waals surface area contributed by atoms with E-state index in [2.05, 4.69) is 15.4 Å². The number of carbonyl (C=O) groups excluding carboxylic acids is 1. The van der Waals surface area contributed by atoms with Crippen LogP contribution in [0.25, 0.3) is 16.9 Å². The third-order valence-electron chi connectivity index (χ3n) is 4.31. The standard InChI is InChI=1S/C18H19N5O/c24-18(22-11-1-8-19-9-12-22)15-4-2-14(3-5-15)16-6-7-17-20-10-13-23(17)21-16/h2-7,10,13,19H,1,8-9,11-12H2. The van der Waals surface area contributed by atoms with E-state index in [1.54, 1.807) is 10.7 Å². The van der Waals surface area contributed by atoms with Gasteiger partial charge < -0.3 is 10.2 Å². The second-order valence-corrected chi connectivity index (χ2v) is 5.92. The van der Waals surface area contributed by atoms with Crippen molar-refractivity contribution in [2.24, 2.45) is 0 Å². The van der Waals surface area contributed by atoms with Gasteiger partial charge in [-0.1, -0.05) is 12.1 Å². The molecular formula is C18H19N5O. The quantitative estimate of drug-likeness (QED) is 0.782. The summed E-state index contributed by atoms with van der Waals surface area (Å²) in [7, 11) is 0. The molecular weight excluding hydrogens is 302 g/mol. The Labute approximate surface area is 140 Å². The largest absolute Gasteiger partial charge is 0.337 e. The highest BCUT2D eigenvalue weighted by molar-refractivity contribution is 5.94. The molecule has 0 bridgehead atoms. The molecule has 4 rings (SSSR count). The normalized spacial score (nSPS) is 15.4. The molecule has 0 saturated carbocycles. The van der Waals surface area contributed by atoms with Crippen LogP contribution >= 0.6 is 0 Å². The molecule has 0 spiro atoms. The molecule has 3 heterocycles. The first-order valence-corrected chi connectivity index (χ1v) is 8.22. The number of hydrogen-bond acceptors (Lipinski definition) is 4. The highest BCUT2D eigenvalue weighted by Gasteiger charge is 2.17. The second-order valence-electron chi connectivity index (χ2n) is 5.92. The highest BCUT2D eigenvalue weighted by atomic mass is 16.2. The first kappa shape index (κ1) is 14.8. The van der Waals surface area contributed by atoms with Gasteiger partial charge in [0.05, 0.1) is 5.69 Å². The molecule has 0 atom stereocenters. The van der Waals surface area contributed by atoms with E-state index in [1.165, 1.54) is 0 Å². The lowest BCUT2D eigenvalue weighted by atomic mass is 10.1. The van der Waals surface area contributed by atoms with Crippen LogP contribution in [0.15, 0.2) is 48.8 Å². The van der Waals surface area contributed by atoms with Crippen LogP contribution in [0, 0.1) is 0 Å². The molecule has 3 aromatic rings. The van der Waals surface area contributed by atoms with Crippen LogP contribution in [0.1, 0.15) is 16.8 Å². The monoisotopic (exact) mass is 321 g/mol. The number of hydrogen-bond donors (Lipinski definition) is 1. The molecule has 1 aliphatic rings.